The number of ether oxygens (including phenoxy) is 2. The normalized spacial score (nSPS) is 17.1. The molecule has 3 aromatic rings. The van der Waals surface area contributed by atoms with Crippen LogP contribution in [0.15, 0.2) is 41.5 Å². The summed E-state index contributed by atoms with van der Waals surface area (Å²) in [7, 11) is 0. The van der Waals surface area contributed by atoms with Crippen molar-refractivity contribution in [1.82, 2.24) is 19.5 Å². The molecule has 0 bridgehead atoms. The van der Waals surface area contributed by atoms with Gasteiger partial charge in [-0.1, -0.05) is 12.1 Å². The highest BCUT2D eigenvalue weighted by molar-refractivity contribution is 9.10. The van der Waals surface area contributed by atoms with Gasteiger partial charge in [-0.15, -0.1) is 0 Å². The Balaban J connectivity index is 1.60. The van der Waals surface area contributed by atoms with E-state index in [-0.39, 0.29) is 6.10 Å². The standard InChI is InChI=1S/C14H11BrN4O2/c15-13-12-14(17-7-16-13)19(8-18-12)5-9-6-20-10-3-1-2-4-11(10)21-9/h1-4,7-9H,5-6H2. The highest BCUT2D eigenvalue weighted by Crippen LogP contribution is 2.31. The number of benzene rings is 1. The van der Waals surface area contributed by atoms with Gasteiger partial charge in [0.2, 0.25) is 0 Å². The topological polar surface area (TPSA) is 62.1 Å². The second kappa shape index (κ2) is 5.00. The van der Waals surface area contributed by atoms with E-state index in [9.17, 15) is 0 Å². The Bertz CT molecular complexity index is 805. The molecule has 0 N–H and O–H groups in total. The van der Waals surface area contributed by atoms with Gasteiger partial charge < -0.3 is 14.0 Å². The quantitative estimate of drug-likeness (QED) is 0.667. The molecule has 0 saturated carbocycles. The molecular formula is C14H11BrN4O2. The van der Waals surface area contributed by atoms with Gasteiger partial charge in [-0.3, -0.25) is 0 Å². The Morgan fingerprint density at radius 2 is 2.05 bits per heavy atom. The van der Waals surface area contributed by atoms with Crippen LogP contribution in [-0.2, 0) is 6.54 Å². The molecule has 0 aliphatic carbocycles. The Morgan fingerprint density at radius 3 is 2.95 bits per heavy atom. The van der Waals surface area contributed by atoms with Crippen LogP contribution in [-0.4, -0.2) is 32.2 Å². The van der Waals surface area contributed by atoms with E-state index in [1.807, 2.05) is 28.8 Å². The minimum atomic E-state index is -0.0777. The smallest absolute Gasteiger partial charge is 0.164 e. The monoisotopic (exact) mass is 346 g/mol. The molecule has 21 heavy (non-hydrogen) atoms. The summed E-state index contributed by atoms with van der Waals surface area (Å²) in [5.74, 6) is 1.56. The second-order valence-electron chi connectivity index (χ2n) is 4.73. The van der Waals surface area contributed by atoms with Crippen LogP contribution in [0, 0.1) is 0 Å². The molecule has 0 saturated heterocycles. The van der Waals surface area contributed by atoms with Gasteiger partial charge in [-0.25, -0.2) is 15.0 Å². The molecule has 6 nitrogen and oxygen atoms in total. The first-order valence-corrected chi connectivity index (χ1v) is 7.30. The van der Waals surface area contributed by atoms with E-state index >= 15 is 0 Å². The zero-order valence-electron chi connectivity index (χ0n) is 10.9. The fraction of sp³-hybridized carbons (Fsp3) is 0.214. The van der Waals surface area contributed by atoms with Crippen LogP contribution >= 0.6 is 15.9 Å². The Labute approximate surface area is 128 Å². The molecule has 0 amide bonds. The van der Waals surface area contributed by atoms with Gasteiger partial charge >= 0.3 is 0 Å². The van der Waals surface area contributed by atoms with Gasteiger partial charge in [-0.2, -0.15) is 0 Å². The molecule has 1 atom stereocenters. The van der Waals surface area contributed by atoms with Crippen LogP contribution in [0.1, 0.15) is 0 Å². The fourth-order valence-electron chi connectivity index (χ4n) is 2.36. The summed E-state index contributed by atoms with van der Waals surface area (Å²) < 4.78 is 14.3. The molecule has 4 rings (SSSR count). The van der Waals surface area contributed by atoms with E-state index < -0.39 is 0 Å². The maximum atomic E-state index is 5.96. The van der Waals surface area contributed by atoms with Crippen LogP contribution in [0.3, 0.4) is 0 Å². The molecule has 0 spiro atoms. The van der Waals surface area contributed by atoms with E-state index in [4.69, 9.17) is 9.47 Å². The van der Waals surface area contributed by atoms with E-state index in [0.29, 0.717) is 17.8 Å². The summed E-state index contributed by atoms with van der Waals surface area (Å²) in [6.45, 7) is 1.12. The number of para-hydroxylation sites is 2. The van der Waals surface area contributed by atoms with E-state index in [1.165, 1.54) is 6.33 Å². The lowest BCUT2D eigenvalue weighted by Gasteiger charge is -2.26. The molecule has 1 aliphatic rings. The van der Waals surface area contributed by atoms with Crippen LogP contribution in [0.5, 0.6) is 11.5 Å². The number of hydrogen-bond acceptors (Lipinski definition) is 5. The maximum absolute atomic E-state index is 5.96. The summed E-state index contributed by atoms with van der Waals surface area (Å²) in [6.07, 6.45) is 3.18. The zero-order valence-corrected chi connectivity index (χ0v) is 12.5. The summed E-state index contributed by atoms with van der Waals surface area (Å²) in [6, 6.07) is 7.68. The number of nitrogens with zero attached hydrogens (tertiary/aromatic N) is 4. The summed E-state index contributed by atoms with van der Waals surface area (Å²) in [5.41, 5.74) is 1.52. The first kappa shape index (κ1) is 12.6. The Kier molecular flexibility index (Phi) is 2.99. The van der Waals surface area contributed by atoms with E-state index in [1.54, 1.807) is 6.33 Å². The van der Waals surface area contributed by atoms with Crippen molar-refractivity contribution in [3.63, 3.8) is 0 Å². The van der Waals surface area contributed by atoms with Crippen molar-refractivity contribution in [3.8, 4) is 11.5 Å². The number of fused-ring (bicyclic) bond motifs is 2. The van der Waals surface area contributed by atoms with Crippen molar-refractivity contribution in [2.75, 3.05) is 6.61 Å². The minimum absolute atomic E-state index is 0.0777. The largest absolute Gasteiger partial charge is 0.486 e. The lowest BCUT2D eigenvalue weighted by molar-refractivity contribution is 0.0792. The van der Waals surface area contributed by atoms with Crippen molar-refractivity contribution in [2.45, 2.75) is 12.6 Å². The predicted octanol–water partition coefficient (Wildman–Crippen LogP) is 2.43. The first-order chi connectivity index (χ1) is 10.3. The van der Waals surface area contributed by atoms with Gasteiger partial charge in [0, 0.05) is 0 Å². The summed E-state index contributed by atoms with van der Waals surface area (Å²) in [5, 5.41) is 0. The molecule has 1 unspecified atom stereocenters. The van der Waals surface area contributed by atoms with Gasteiger partial charge in [0.05, 0.1) is 12.9 Å². The van der Waals surface area contributed by atoms with Crippen molar-refractivity contribution < 1.29 is 9.47 Å². The zero-order chi connectivity index (χ0) is 14.2. The summed E-state index contributed by atoms with van der Waals surface area (Å²) in [4.78, 5) is 12.7. The van der Waals surface area contributed by atoms with Crippen molar-refractivity contribution in [3.05, 3.63) is 41.5 Å². The first-order valence-electron chi connectivity index (χ1n) is 6.51. The van der Waals surface area contributed by atoms with E-state index in [0.717, 1.165) is 22.7 Å². The van der Waals surface area contributed by atoms with Crippen LogP contribution in [0.4, 0.5) is 0 Å². The molecule has 2 aromatic heterocycles. The average Bonchev–Trinajstić information content (AvgIpc) is 2.92. The van der Waals surface area contributed by atoms with Gasteiger partial charge in [0.1, 0.15) is 23.1 Å². The predicted molar refractivity (Wildman–Crippen MR) is 79.4 cm³/mol. The lowest BCUT2D eigenvalue weighted by atomic mass is 10.2. The highest BCUT2D eigenvalue weighted by atomic mass is 79.9. The number of halogens is 1. The molecular weight excluding hydrogens is 336 g/mol. The van der Waals surface area contributed by atoms with Crippen molar-refractivity contribution in [2.24, 2.45) is 0 Å². The molecule has 106 valence electrons. The minimum Gasteiger partial charge on any atom is -0.486 e. The van der Waals surface area contributed by atoms with Crippen molar-refractivity contribution >= 4 is 27.1 Å². The van der Waals surface area contributed by atoms with Gasteiger partial charge in [0.15, 0.2) is 23.3 Å². The molecule has 1 aliphatic heterocycles. The van der Waals surface area contributed by atoms with Crippen LogP contribution in [0.25, 0.3) is 11.2 Å². The second-order valence-corrected chi connectivity index (χ2v) is 5.48. The number of hydrogen-bond donors (Lipinski definition) is 0. The molecule has 3 heterocycles. The SMILES string of the molecule is Brc1ncnc2c1ncn2CC1COc2ccccc2O1. The Morgan fingerprint density at radius 1 is 1.19 bits per heavy atom. The van der Waals surface area contributed by atoms with Crippen molar-refractivity contribution in [1.29, 1.82) is 0 Å². The average molecular weight is 347 g/mol. The fourth-order valence-corrected chi connectivity index (χ4v) is 2.73. The molecule has 7 heteroatoms. The maximum Gasteiger partial charge on any atom is 0.164 e. The molecule has 0 radical (unpaired) electrons. The molecule has 1 aromatic carbocycles. The Hall–Kier alpha value is -2.15. The van der Waals surface area contributed by atoms with Crippen LogP contribution < -0.4 is 9.47 Å². The van der Waals surface area contributed by atoms with Crippen LogP contribution in [0.2, 0.25) is 0 Å². The summed E-state index contributed by atoms with van der Waals surface area (Å²) >= 11 is 3.37. The number of imidazole rings is 1. The number of rotatable bonds is 2. The lowest BCUT2D eigenvalue weighted by Crippen LogP contribution is -2.33. The third-order valence-corrected chi connectivity index (χ3v) is 3.90. The third-order valence-electron chi connectivity index (χ3n) is 3.32. The van der Waals surface area contributed by atoms with Gasteiger partial charge in [0.25, 0.3) is 0 Å². The van der Waals surface area contributed by atoms with E-state index in [2.05, 4.69) is 30.9 Å². The number of aromatic nitrogens is 4. The van der Waals surface area contributed by atoms with Gasteiger partial charge in [-0.05, 0) is 28.1 Å². The molecule has 0 fully saturated rings. The highest BCUT2D eigenvalue weighted by Gasteiger charge is 2.22. The third kappa shape index (κ3) is 2.23.